The number of nitrogens with two attached hydrogens (primary N) is 2. The average molecular weight is 606 g/mol. The number of methoxy groups -OCH3 is 1. The number of anilines is 1. The Labute approximate surface area is 243 Å². The van der Waals surface area contributed by atoms with Crippen molar-refractivity contribution in [2.45, 2.75) is 44.9 Å². The van der Waals surface area contributed by atoms with Gasteiger partial charge in [0.05, 0.1) is 20.0 Å². The third kappa shape index (κ3) is 11.8. The Kier molecular flexibility index (Phi) is 11.7. The quantitative estimate of drug-likeness (QED) is 0.158. The number of nitrogens with zero attached hydrogens (tertiary/aromatic N) is 3. The Morgan fingerprint density at radius 2 is 1.81 bits per heavy atom. The number of carbonyl (C=O) groups excluding carboxylic acids is 2. The largest absolute Gasteiger partial charge is 0.573 e. The number of carbonyl (C=O) groups is 2. The van der Waals surface area contributed by atoms with Gasteiger partial charge in [-0.15, -0.1) is 23.4 Å². The Bertz CT molecular complexity index is 1410. The normalized spacial score (nSPS) is 12.1. The fraction of sp³-hybridized carbons (Fsp3) is 0.296. The van der Waals surface area contributed by atoms with Crippen molar-refractivity contribution in [1.82, 2.24) is 20.5 Å². The number of unbranched alkanes of at least 4 members (excludes halogenated alkanes) is 1. The van der Waals surface area contributed by atoms with Crippen LogP contribution in [0.25, 0.3) is 0 Å². The van der Waals surface area contributed by atoms with Gasteiger partial charge in [0.1, 0.15) is 22.3 Å². The summed E-state index contributed by atoms with van der Waals surface area (Å²) in [4.78, 5) is 28.6. The molecule has 2 aromatic heterocycles. The number of nitrogens with one attached hydrogen (secondary N) is 2. The minimum absolute atomic E-state index is 0.0177. The number of ether oxygens (including phenoxy) is 2. The van der Waals surface area contributed by atoms with Crippen LogP contribution in [0.4, 0.5) is 18.3 Å². The molecule has 0 saturated carbocycles. The van der Waals surface area contributed by atoms with E-state index in [1.54, 1.807) is 24.4 Å². The van der Waals surface area contributed by atoms with Crippen molar-refractivity contribution in [3.8, 4) is 11.5 Å². The summed E-state index contributed by atoms with van der Waals surface area (Å²) in [5, 5.41) is 14.5. The van der Waals surface area contributed by atoms with Crippen LogP contribution in [0.2, 0.25) is 0 Å². The average Bonchev–Trinajstić information content (AvgIpc) is 3.36. The van der Waals surface area contributed by atoms with E-state index in [2.05, 4.69) is 30.6 Å². The number of hydrogen-bond acceptors (Lipinski definition) is 10. The van der Waals surface area contributed by atoms with Gasteiger partial charge >= 0.3 is 6.36 Å². The molecule has 0 bridgehead atoms. The Morgan fingerprint density at radius 3 is 2.52 bits per heavy atom. The van der Waals surface area contributed by atoms with E-state index >= 15 is 0 Å². The first-order chi connectivity index (χ1) is 20.0. The molecule has 0 aliphatic rings. The van der Waals surface area contributed by atoms with Crippen LogP contribution >= 0.6 is 11.3 Å². The molecule has 2 heterocycles. The van der Waals surface area contributed by atoms with Gasteiger partial charge in [0, 0.05) is 30.1 Å². The monoisotopic (exact) mass is 605 g/mol. The molecule has 0 aliphatic carbocycles. The molecule has 3 aromatic rings. The third-order valence-corrected chi connectivity index (χ3v) is 6.32. The summed E-state index contributed by atoms with van der Waals surface area (Å²) >= 11 is 1.31. The molecular formula is C27H30F3N7O4S. The zero-order chi connectivity index (χ0) is 30.5. The van der Waals surface area contributed by atoms with Crippen LogP contribution < -0.4 is 31.6 Å². The number of benzene rings is 1. The standard InChI is InChI=1S/C27H30F3N7O4S/c1-40-20-12-17(13-21(16-20)41-27(28,29)30)14-23(38)34-22(32)10-9-18(31)6-2-3-8-25-36-37-26(42-25)35-24(39)15-19-7-4-5-11-33-19/h4-5,7,9-13,16H,2-3,6,8,14-15,31-32H2,1H3,(H,34,38)(H,35,37,39)/b18-9-,22-10+. The van der Waals surface area contributed by atoms with Crippen LogP contribution in [0.3, 0.4) is 0 Å². The second kappa shape index (κ2) is 15.4. The maximum absolute atomic E-state index is 12.6. The molecule has 6 N–H and O–H groups in total. The number of halogens is 3. The van der Waals surface area contributed by atoms with Gasteiger partial charge in [0.15, 0.2) is 0 Å². The van der Waals surface area contributed by atoms with Gasteiger partial charge in [-0.3, -0.25) is 14.6 Å². The summed E-state index contributed by atoms with van der Waals surface area (Å²) < 4.78 is 46.6. The van der Waals surface area contributed by atoms with Gasteiger partial charge in [-0.2, -0.15) is 0 Å². The van der Waals surface area contributed by atoms with Crippen LogP contribution in [-0.2, 0) is 28.9 Å². The van der Waals surface area contributed by atoms with Crippen molar-refractivity contribution in [2.75, 3.05) is 12.4 Å². The fourth-order valence-corrected chi connectivity index (χ4v) is 4.39. The summed E-state index contributed by atoms with van der Waals surface area (Å²) in [7, 11) is 1.29. The number of allylic oxidation sites excluding steroid dienone is 3. The lowest BCUT2D eigenvalue weighted by Gasteiger charge is -2.12. The lowest BCUT2D eigenvalue weighted by Crippen LogP contribution is -2.28. The SMILES string of the molecule is COc1cc(CC(=O)N/C(N)=C/C=C(\N)CCCCc2nnc(NC(=O)Cc3ccccn3)s2)cc(OC(F)(F)F)c1. The molecule has 2 amide bonds. The topological polar surface area (TPSA) is 167 Å². The number of alkyl halides is 3. The van der Waals surface area contributed by atoms with Crippen LogP contribution in [0.5, 0.6) is 11.5 Å². The smallest absolute Gasteiger partial charge is 0.497 e. The highest BCUT2D eigenvalue weighted by Gasteiger charge is 2.31. The van der Waals surface area contributed by atoms with Gasteiger partial charge in [-0.05, 0) is 61.2 Å². The van der Waals surface area contributed by atoms with Gasteiger partial charge in [-0.1, -0.05) is 17.4 Å². The van der Waals surface area contributed by atoms with Crippen molar-refractivity contribution < 1.29 is 32.2 Å². The number of pyridine rings is 1. The van der Waals surface area contributed by atoms with Gasteiger partial charge in [-0.25, -0.2) is 0 Å². The van der Waals surface area contributed by atoms with Crippen LogP contribution in [-0.4, -0.2) is 40.5 Å². The molecule has 224 valence electrons. The number of aromatic nitrogens is 3. The number of amides is 2. The third-order valence-electron chi connectivity index (χ3n) is 5.42. The molecular weight excluding hydrogens is 575 g/mol. The van der Waals surface area contributed by atoms with E-state index in [0.717, 1.165) is 30.0 Å². The predicted molar refractivity (Wildman–Crippen MR) is 150 cm³/mol. The lowest BCUT2D eigenvalue weighted by atomic mass is 10.1. The van der Waals surface area contributed by atoms with Crippen molar-refractivity contribution in [3.05, 3.63) is 82.5 Å². The predicted octanol–water partition coefficient (Wildman–Crippen LogP) is 3.74. The van der Waals surface area contributed by atoms with E-state index in [1.807, 2.05) is 6.07 Å². The molecule has 0 atom stereocenters. The van der Waals surface area contributed by atoms with Crippen molar-refractivity contribution >= 4 is 28.3 Å². The highest BCUT2D eigenvalue weighted by Crippen LogP contribution is 2.28. The maximum atomic E-state index is 12.6. The van der Waals surface area contributed by atoms with Crippen LogP contribution in [0.15, 0.2) is 66.3 Å². The molecule has 15 heteroatoms. The molecule has 0 radical (unpaired) electrons. The minimum Gasteiger partial charge on any atom is -0.497 e. The first kappa shape index (κ1) is 31.9. The molecule has 0 saturated heterocycles. The lowest BCUT2D eigenvalue weighted by molar-refractivity contribution is -0.274. The van der Waals surface area contributed by atoms with Crippen LogP contribution in [0.1, 0.15) is 35.5 Å². The molecule has 42 heavy (non-hydrogen) atoms. The molecule has 3 rings (SSSR count). The van der Waals surface area contributed by atoms with E-state index < -0.39 is 18.0 Å². The minimum atomic E-state index is -4.88. The Hall–Kier alpha value is -4.66. The van der Waals surface area contributed by atoms with Crippen molar-refractivity contribution in [3.63, 3.8) is 0 Å². The van der Waals surface area contributed by atoms with E-state index in [0.29, 0.717) is 29.4 Å². The van der Waals surface area contributed by atoms with Crippen molar-refractivity contribution in [1.29, 1.82) is 0 Å². The van der Waals surface area contributed by atoms with Gasteiger partial charge < -0.3 is 31.6 Å². The number of aryl methyl sites for hydroxylation is 1. The summed E-state index contributed by atoms with van der Waals surface area (Å²) in [5.41, 5.74) is 13.3. The Balaban J connectivity index is 1.39. The van der Waals surface area contributed by atoms with E-state index in [9.17, 15) is 22.8 Å². The van der Waals surface area contributed by atoms with Crippen LogP contribution in [0, 0.1) is 0 Å². The molecule has 1 aromatic carbocycles. The van der Waals surface area contributed by atoms with E-state index in [1.165, 1.54) is 30.6 Å². The zero-order valence-electron chi connectivity index (χ0n) is 22.6. The van der Waals surface area contributed by atoms with Crippen molar-refractivity contribution in [2.24, 2.45) is 11.5 Å². The molecule has 0 aliphatic heterocycles. The second-order valence-corrected chi connectivity index (χ2v) is 9.97. The number of rotatable bonds is 14. The molecule has 0 spiro atoms. The summed E-state index contributed by atoms with van der Waals surface area (Å²) in [6.07, 6.45) is 2.38. The van der Waals surface area contributed by atoms with Gasteiger partial charge in [0.2, 0.25) is 16.9 Å². The first-order valence-corrected chi connectivity index (χ1v) is 13.5. The first-order valence-electron chi connectivity index (χ1n) is 12.7. The summed E-state index contributed by atoms with van der Waals surface area (Å²) in [6.45, 7) is 0. The molecule has 11 nitrogen and oxygen atoms in total. The number of hydrogen-bond donors (Lipinski definition) is 4. The molecule has 0 fully saturated rings. The molecule has 0 unspecified atom stereocenters. The zero-order valence-corrected chi connectivity index (χ0v) is 23.4. The highest BCUT2D eigenvalue weighted by atomic mass is 32.1. The van der Waals surface area contributed by atoms with E-state index in [4.69, 9.17) is 16.2 Å². The Morgan fingerprint density at radius 1 is 1.02 bits per heavy atom. The summed E-state index contributed by atoms with van der Waals surface area (Å²) in [5.74, 6) is -1.15. The second-order valence-electron chi connectivity index (χ2n) is 8.91. The van der Waals surface area contributed by atoms with Gasteiger partial charge in [0.25, 0.3) is 0 Å². The highest BCUT2D eigenvalue weighted by molar-refractivity contribution is 7.15. The summed E-state index contributed by atoms with van der Waals surface area (Å²) in [6, 6.07) is 8.94. The van der Waals surface area contributed by atoms with E-state index in [-0.39, 0.29) is 35.9 Å². The maximum Gasteiger partial charge on any atom is 0.573 e. The fourth-order valence-electron chi connectivity index (χ4n) is 3.60.